The highest BCUT2D eigenvalue weighted by atomic mass is 16.5. The first kappa shape index (κ1) is 63.6. The van der Waals surface area contributed by atoms with Gasteiger partial charge in [-0.05, 0) is 77.0 Å². The van der Waals surface area contributed by atoms with Gasteiger partial charge in [-0.1, -0.05) is 254 Å². The van der Waals surface area contributed by atoms with E-state index in [1.54, 1.807) is 6.08 Å². The van der Waals surface area contributed by atoms with Gasteiger partial charge in [0.2, 0.25) is 5.91 Å². The molecule has 0 aliphatic heterocycles. The number of nitrogens with one attached hydrogen (secondary N) is 1. The van der Waals surface area contributed by atoms with E-state index in [1.165, 1.54) is 193 Å². The van der Waals surface area contributed by atoms with Gasteiger partial charge in [0.1, 0.15) is 0 Å². The van der Waals surface area contributed by atoms with Crippen molar-refractivity contribution in [3.8, 4) is 0 Å². The minimum absolute atomic E-state index is 0.0514. The number of unbranched alkanes of at least 4 members (excludes halogenated alkanes) is 33. The third-order valence-corrected chi connectivity index (χ3v) is 12.8. The third kappa shape index (κ3) is 51.0. The molecule has 0 spiro atoms. The first-order chi connectivity index (χ1) is 32.5. The number of hydrogen-bond acceptors (Lipinski definition) is 5. The molecule has 3 N–H and O–H groups in total. The van der Waals surface area contributed by atoms with Gasteiger partial charge >= 0.3 is 5.97 Å². The van der Waals surface area contributed by atoms with Gasteiger partial charge in [-0.2, -0.15) is 0 Å². The second kappa shape index (κ2) is 55.2. The van der Waals surface area contributed by atoms with Crippen LogP contribution in [0.2, 0.25) is 0 Å². The summed E-state index contributed by atoms with van der Waals surface area (Å²) in [5.74, 6) is -0.125. The highest BCUT2D eigenvalue weighted by Crippen LogP contribution is 2.16. The van der Waals surface area contributed by atoms with Crippen molar-refractivity contribution in [1.82, 2.24) is 5.32 Å². The van der Waals surface area contributed by atoms with Crippen LogP contribution in [0.4, 0.5) is 0 Å². The highest BCUT2D eigenvalue weighted by molar-refractivity contribution is 5.76. The molecule has 66 heavy (non-hydrogen) atoms. The summed E-state index contributed by atoms with van der Waals surface area (Å²) in [4.78, 5) is 24.4. The average molecular weight is 925 g/mol. The van der Waals surface area contributed by atoms with Crippen molar-refractivity contribution in [2.45, 2.75) is 296 Å². The van der Waals surface area contributed by atoms with E-state index < -0.39 is 12.1 Å². The molecule has 2 atom stereocenters. The molecule has 0 fully saturated rings. The molecule has 0 saturated carbocycles. The number of allylic oxidation sites excluding steroid dienone is 8. The summed E-state index contributed by atoms with van der Waals surface area (Å²) >= 11 is 0. The van der Waals surface area contributed by atoms with E-state index in [4.69, 9.17) is 4.74 Å². The number of hydrogen-bond donors (Lipinski definition) is 3. The van der Waals surface area contributed by atoms with Gasteiger partial charge in [0.15, 0.2) is 0 Å². The van der Waals surface area contributed by atoms with Crippen LogP contribution in [0.25, 0.3) is 0 Å². The lowest BCUT2D eigenvalue weighted by Gasteiger charge is -2.20. The van der Waals surface area contributed by atoms with Gasteiger partial charge in [-0.15, -0.1) is 0 Å². The largest absolute Gasteiger partial charge is 0.465 e. The summed E-state index contributed by atoms with van der Waals surface area (Å²) in [5, 5.41) is 23.1. The van der Waals surface area contributed by atoms with E-state index in [1.807, 2.05) is 6.08 Å². The number of esters is 1. The Morgan fingerprint density at radius 2 is 0.773 bits per heavy atom. The van der Waals surface area contributed by atoms with E-state index >= 15 is 0 Å². The Bertz CT molecular complexity index is 1160. The second-order valence-corrected chi connectivity index (χ2v) is 19.3. The normalized spacial score (nSPS) is 13.1. The number of carbonyl (C=O) groups excluding carboxylic acids is 2. The zero-order valence-electron chi connectivity index (χ0n) is 43.7. The second-order valence-electron chi connectivity index (χ2n) is 19.3. The predicted molar refractivity (Wildman–Crippen MR) is 287 cm³/mol. The molecule has 0 aromatic rings. The fourth-order valence-electron chi connectivity index (χ4n) is 8.37. The fourth-order valence-corrected chi connectivity index (χ4v) is 8.37. The van der Waals surface area contributed by atoms with Crippen molar-refractivity contribution in [3.05, 3.63) is 60.8 Å². The van der Waals surface area contributed by atoms with Crippen LogP contribution in [-0.2, 0) is 14.3 Å². The van der Waals surface area contributed by atoms with E-state index in [9.17, 15) is 19.8 Å². The third-order valence-electron chi connectivity index (χ3n) is 12.8. The number of aliphatic hydroxyl groups is 2. The van der Waals surface area contributed by atoms with Gasteiger partial charge in [0, 0.05) is 12.8 Å². The molecule has 0 bridgehead atoms. The summed E-state index contributed by atoms with van der Waals surface area (Å²) in [7, 11) is 0. The smallest absolute Gasteiger partial charge is 0.305 e. The van der Waals surface area contributed by atoms with Crippen LogP contribution < -0.4 is 5.32 Å². The zero-order valence-corrected chi connectivity index (χ0v) is 43.7. The summed E-state index contributed by atoms with van der Waals surface area (Å²) < 4.78 is 5.40. The van der Waals surface area contributed by atoms with E-state index in [-0.39, 0.29) is 18.5 Å². The standard InChI is InChI=1S/C60H109NO5/c1-3-5-7-9-11-13-15-17-28-32-36-40-44-48-52-58(63)57(56-62)61-59(64)53-49-45-41-37-33-29-26-24-22-20-19-21-23-25-27-31-35-39-43-47-51-55-66-60(65)54-50-46-42-38-34-30-18-16-14-12-10-8-6-4-2/h10,12,16,18,31,35,43,47-48,52,57-58,62-63H,3-9,11,13-15,17,19-30,32-34,36-42,44-46,49-51,53-56H2,1-2H3,(H,61,64)/b12-10-,18-16-,35-31-,47-43-,52-48+. The molecule has 6 nitrogen and oxygen atoms in total. The van der Waals surface area contributed by atoms with Crippen molar-refractivity contribution in [2.24, 2.45) is 0 Å². The van der Waals surface area contributed by atoms with Gasteiger partial charge in [0.05, 0.1) is 25.4 Å². The quantitative estimate of drug-likeness (QED) is 0.0321. The van der Waals surface area contributed by atoms with Crippen LogP contribution in [0, 0.1) is 0 Å². The molecule has 0 aliphatic carbocycles. The predicted octanol–water partition coefficient (Wildman–Crippen LogP) is 17.6. The molecule has 0 aliphatic rings. The minimum Gasteiger partial charge on any atom is -0.465 e. The Morgan fingerprint density at radius 3 is 1.20 bits per heavy atom. The molecule has 384 valence electrons. The van der Waals surface area contributed by atoms with Crippen molar-refractivity contribution >= 4 is 11.9 Å². The van der Waals surface area contributed by atoms with Crippen LogP contribution in [-0.4, -0.2) is 47.4 Å². The topological polar surface area (TPSA) is 95.9 Å². The molecule has 1 amide bonds. The number of aliphatic hydroxyl groups excluding tert-OH is 2. The van der Waals surface area contributed by atoms with Crippen molar-refractivity contribution in [2.75, 3.05) is 13.2 Å². The lowest BCUT2D eigenvalue weighted by atomic mass is 10.0. The van der Waals surface area contributed by atoms with E-state index in [2.05, 4.69) is 67.8 Å². The molecule has 0 aromatic carbocycles. The number of rotatable bonds is 52. The maximum absolute atomic E-state index is 12.4. The monoisotopic (exact) mass is 924 g/mol. The van der Waals surface area contributed by atoms with Gasteiger partial charge in [0.25, 0.3) is 0 Å². The first-order valence-corrected chi connectivity index (χ1v) is 28.6. The average Bonchev–Trinajstić information content (AvgIpc) is 3.32. The zero-order chi connectivity index (χ0) is 47.9. The van der Waals surface area contributed by atoms with E-state index in [0.717, 1.165) is 64.2 Å². The number of carbonyl (C=O) groups is 2. The minimum atomic E-state index is -0.849. The lowest BCUT2D eigenvalue weighted by molar-refractivity contribution is -0.143. The maximum atomic E-state index is 12.4. The Kier molecular flexibility index (Phi) is 53.1. The lowest BCUT2D eigenvalue weighted by Crippen LogP contribution is -2.45. The van der Waals surface area contributed by atoms with Crippen LogP contribution in [0.3, 0.4) is 0 Å². The Labute approximate surface area is 409 Å². The summed E-state index contributed by atoms with van der Waals surface area (Å²) in [6.07, 6.45) is 71.1. The first-order valence-electron chi connectivity index (χ1n) is 28.6. The molecule has 0 radical (unpaired) electrons. The van der Waals surface area contributed by atoms with Crippen molar-refractivity contribution in [1.29, 1.82) is 0 Å². The van der Waals surface area contributed by atoms with E-state index in [0.29, 0.717) is 19.4 Å². The van der Waals surface area contributed by atoms with Crippen molar-refractivity contribution < 1.29 is 24.5 Å². The SMILES string of the molecule is CCCC/C=C\C/C=C\CCCCCCCC(=O)OCC/C=C\C/C=C\CCCCCCCCCCCCCCCCC(=O)NC(CO)C(O)/C=C/CCCCCCCCCCCCCC. The summed E-state index contributed by atoms with van der Waals surface area (Å²) in [6.45, 7) is 4.74. The molecule has 0 heterocycles. The van der Waals surface area contributed by atoms with Crippen LogP contribution in [0.1, 0.15) is 284 Å². The summed E-state index contributed by atoms with van der Waals surface area (Å²) in [5.41, 5.74) is 0. The van der Waals surface area contributed by atoms with Crippen LogP contribution >= 0.6 is 0 Å². The molecule has 0 saturated heterocycles. The molecule has 6 heteroatoms. The van der Waals surface area contributed by atoms with Gasteiger partial charge < -0.3 is 20.3 Å². The van der Waals surface area contributed by atoms with Crippen molar-refractivity contribution in [3.63, 3.8) is 0 Å². The van der Waals surface area contributed by atoms with Gasteiger partial charge in [-0.3, -0.25) is 9.59 Å². The Morgan fingerprint density at radius 1 is 0.424 bits per heavy atom. The molecular formula is C60H109NO5. The molecular weight excluding hydrogens is 815 g/mol. The highest BCUT2D eigenvalue weighted by Gasteiger charge is 2.18. The number of ether oxygens (including phenoxy) is 1. The number of amides is 1. The molecule has 2 unspecified atom stereocenters. The van der Waals surface area contributed by atoms with Gasteiger partial charge in [-0.25, -0.2) is 0 Å². The fraction of sp³-hybridized carbons (Fsp3) is 0.800. The van der Waals surface area contributed by atoms with Crippen LogP contribution in [0.5, 0.6) is 0 Å². The summed E-state index contributed by atoms with van der Waals surface area (Å²) in [6, 6.07) is -0.633. The molecule has 0 aromatic heterocycles. The Balaban J connectivity index is 3.50. The maximum Gasteiger partial charge on any atom is 0.305 e. The van der Waals surface area contributed by atoms with Crippen LogP contribution in [0.15, 0.2) is 60.8 Å². The Hall–Kier alpha value is -2.44. The molecule has 0 rings (SSSR count).